The van der Waals surface area contributed by atoms with Gasteiger partial charge in [-0.1, -0.05) is 12.1 Å². The van der Waals surface area contributed by atoms with E-state index < -0.39 is 6.67 Å². The van der Waals surface area contributed by atoms with Crippen LogP contribution in [0.2, 0.25) is 0 Å². The summed E-state index contributed by atoms with van der Waals surface area (Å²) < 4.78 is 17.4. The van der Waals surface area contributed by atoms with Gasteiger partial charge in [-0.05, 0) is 18.2 Å². The Kier molecular flexibility index (Phi) is 4.06. The zero-order valence-electron chi connectivity index (χ0n) is 10.1. The molecule has 0 fully saturated rings. The van der Waals surface area contributed by atoms with Crippen molar-refractivity contribution in [3.05, 3.63) is 36.5 Å². The first-order valence-corrected chi connectivity index (χ1v) is 5.61. The molecule has 1 aromatic heterocycles. The van der Waals surface area contributed by atoms with Crippen molar-refractivity contribution in [1.29, 1.82) is 0 Å². The number of anilines is 1. The molecule has 94 valence electrons. The molecular formula is C13H14FN3O. The van der Waals surface area contributed by atoms with E-state index in [4.69, 9.17) is 4.74 Å². The van der Waals surface area contributed by atoms with E-state index >= 15 is 0 Å². The summed E-state index contributed by atoms with van der Waals surface area (Å²) in [6.45, 7) is -0.252. The number of hydrogen-bond donors (Lipinski definition) is 1. The Labute approximate surface area is 105 Å². The highest BCUT2D eigenvalue weighted by Gasteiger charge is 2.07. The van der Waals surface area contributed by atoms with Gasteiger partial charge in [-0.15, -0.1) is 0 Å². The molecule has 5 heteroatoms. The average Bonchev–Trinajstić information content (AvgIpc) is 2.45. The molecule has 0 radical (unpaired) electrons. The highest BCUT2D eigenvalue weighted by Crippen LogP contribution is 2.28. The SMILES string of the molecule is COc1ccccc1-c1ccnc(NCCF)n1. The van der Waals surface area contributed by atoms with Crippen molar-refractivity contribution < 1.29 is 9.13 Å². The zero-order chi connectivity index (χ0) is 12.8. The third-order valence-corrected chi connectivity index (χ3v) is 2.42. The van der Waals surface area contributed by atoms with Gasteiger partial charge in [0.25, 0.3) is 0 Å². The first kappa shape index (κ1) is 12.3. The van der Waals surface area contributed by atoms with Crippen LogP contribution in [-0.4, -0.2) is 30.3 Å². The fourth-order valence-corrected chi connectivity index (χ4v) is 1.61. The van der Waals surface area contributed by atoms with Crippen LogP contribution in [0.5, 0.6) is 5.75 Å². The number of ether oxygens (including phenoxy) is 1. The number of methoxy groups -OCH3 is 1. The lowest BCUT2D eigenvalue weighted by molar-refractivity contribution is 0.416. The molecule has 18 heavy (non-hydrogen) atoms. The van der Waals surface area contributed by atoms with Crippen LogP contribution in [0.1, 0.15) is 0 Å². The molecule has 0 spiro atoms. The summed E-state index contributed by atoms with van der Waals surface area (Å²) in [6.07, 6.45) is 1.63. The molecule has 0 saturated heterocycles. The second-order valence-corrected chi connectivity index (χ2v) is 3.58. The number of benzene rings is 1. The van der Waals surface area contributed by atoms with Crippen LogP contribution in [0, 0.1) is 0 Å². The van der Waals surface area contributed by atoms with Gasteiger partial charge in [0, 0.05) is 18.3 Å². The van der Waals surface area contributed by atoms with Gasteiger partial charge in [0.15, 0.2) is 0 Å². The molecule has 0 atom stereocenters. The maximum Gasteiger partial charge on any atom is 0.223 e. The number of nitrogens with one attached hydrogen (secondary N) is 1. The number of para-hydroxylation sites is 1. The topological polar surface area (TPSA) is 47.0 Å². The van der Waals surface area contributed by atoms with E-state index in [2.05, 4.69) is 15.3 Å². The van der Waals surface area contributed by atoms with Crippen molar-refractivity contribution in [2.24, 2.45) is 0 Å². The molecule has 0 unspecified atom stereocenters. The quantitative estimate of drug-likeness (QED) is 0.882. The van der Waals surface area contributed by atoms with Gasteiger partial charge in [-0.25, -0.2) is 14.4 Å². The number of aromatic nitrogens is 2. The Balaban J connectivity index is 2.32. The minimum atomic E-state index is -0.456. The van der Waals surface area contributed by atoms with E-state index in [1.54, 1.807) is 19.4 Å². The third-order valence-electron chi connectivity index (χ3n) is 2.42. The van der Waals surface area contributed by atoms with E-state index in [9.17, 15) is 4.39 Å². The minimum absolute atomic E-state index is 0.204. The van der Waals surface area contributed by atoms with Crippen LogP contribution in [0.15, 0.2) is 36.5 Å². The summed E-state index contributed by atoms with van der Waals surface area (Å²) >= 11 is 0. The predicted octanol–water partition coefficient (Wildman–Crippen LogP) is 2.53. The lowest BCUT2D eigenvalue weighted by Crippen LogP contribution is -2.06. The largest absolute Gasteiger partial charge is 0.496 e. The van der Waals surface area contributed by atoms with Crippen LogP contribution in [0.4, 0.5) is 10.3 Å². The number of halogens is 1. The standard InChI is InChI=1S/C13H14FN3O/c1-18-12-5-3-2-4-10(12)11-6-8-15-13(17-11)16-9-7-14/h2-6,8H,7,9H2,1H3,(H,15,16,17). The molecule has 1 N–H and O–H groups in total. The van der Waals surface area contributed by atoms with Crippen LogP contribution in [0.25, 0.3) is 11.3 Å². The van der Waals surface area contributed by atoms with Crippen LogP contribution in [0.3, 0.4) is 0 Å². The van der Waals surface area contributed by atoms with Gasteiger partial charge in [0.2, 0.25) is 5.95 Å². The Morgan fingerprint density at radius 3 is 2.89 bits per heavy atom. The van der Waals surface area contributed by atoms with E-state index in [-0.39, 0.29) is 6.54 Å². The fraction of sp³-hybridized carbons (Fsp3) is 0.231. The molecule has 0 saturated carbocycles. The van der Waals surface area contributed by atoms with Gasteiger partial charge < -0.3 is 10.1 Å². The maximum atomic E-state index is 12.1. The molecule has 0 aliphatic carbocycles. The monoisotopic (exact) mass is 247 g/mol. The van der Waals surface area contributed by atoms with Crippen LogP contribution in [-0.2, 0) is 0 Å². The second-order valence-electron chi connectivity index (χ2n) is 3.58. The van der Waals surface area contributed by atoms with Crippen molar-refractivity contribution in [1.82, 2.24) is 9.97 Å². The summed E-state index contributed by atoms with van der Waals surface area (Å²) in [5.74, 6) is 1.16. The Morgan fingerprint density at radius 2 is 2.11 bits per heavy atom. The molecule has 2 aromatic rings. The summed E-state index contributed by atoms with van der Waals surface area (Å²) in [4.78, 5) is 8.35. The molecule has 4 nitrogen and oxygen atoms in total. The Bertz CT molecular complexity index is 519. The van der Waals surface area contributed by atoms with Gasteiger partial charge in [-0.2, -0.15) is 0 Å². The predicted molar refractivity (Wildman–Crippen MR) is 68.5 cm³/mol. The van der Waals surface area contributed by atoms with Crippen LogP contribution < -0.4 is 10.1 Å². The van der Waals surface area contributed by atoms with Crippen molar-refractivity contribution in [2.75, 3.05) is 25.6 Å². The smallest absolute Gasteiger partial charge is 0.223 e. The summed E-state index contributed by atoms with van der Waals surface area (Å²) in [7, 11) is 1.61. The van der Waals surface area contributed by atoms with Gasteiger partial charge in [0.1, 0.15) is 12.4 Å². The van der Waals surface area contributed by atoms with Gasteiger partial charge in [0.05, 0.1) is 12.8 Å². The first-order chi connectivity index (χ1) is 8.85. The molecule has 0 amide bonds. The van der Waals surface area contributed by atoms with Crippen molar-refractivity contribution in [2.45, 2.75) is 0 Å². The van der Waals surface area contributed by atoms with Crippen molar-refractivity contribution >= 4 is 5.95 Å². The highest BCUT2D eigenvalue weighted by molar-refractivity contribution is 5.67. The minimum Gasteiger partial charge on any atom is -0.496 e. The molecule has 0 bridgehead atoms. The number of alkyl halides is 1. The summed E-state index contributed by atoms with van der Waals surface area (Å²) in [6, 6.07) is 9.38. The third kappa shape index (κ3) is 2.74. The van der Waals surface area contributed by atoms with Crippen molar-refractivity contribution in [3.8, 4) is 17.0 Å². The molecule has 1 aromatic carbocycles. The van der Waals surface area contributed by atoms with Crippen molar-refractivity contribution in [3.63, 3.8) is 0 Å². The molecule has 0 aliphatic rings. The second kappa shape index (κ2) is 5.95. The van der Waals surface area contributed by atoms with E-state index in [1.165, 1.54) is 0 Å². The van der Waals surface area contributed by atoms with E-state index in [0.29, 0.717) is 5.95 Å². The fourth-order valence-electron chi connectivity index (χ4n) is 1.61. The normalized spacial score (nSPS) is 10.1. The first-order valence-electron chi connectivity index (χ1n) is 5.61. The maximum absolute atomic E-state index is 12.1. The van der Waals surface area contributed by atoms with Gasteiger partial charge in [-0.3, -0.25) is 0 Å². The molecule has 0 aliphatic heterocycles. The zero-order valence-corrected chi connectivity index (χ0v) is 10.1. The van der Waals surface area contributed by atoms with E-state index in [0.717, 1.165) is 17.0 Å². The van der Waals surface area contributed by atoms with Gasteiger partial charge >= 0.3 is 0 Å². The molecule has 1 heterocycles. The average molecular weight is 247 g/mol. The van der Waals surface area contributed by atoms with E-state index in [1.807, 2.05) is 24.3 Å². The summed E-state index contributed by atoms with van der Waals surface area (Å²) in [5, 5.41) is 2.80. The lowest BCUT2D eigenvalue weighted by Gasteiger charge is -2.08. The molecule has 2 rings (SSSR count). The number of nitrogens with zero attached hydrogens (tertiary/aromatic N) is 2. The highest BCUT2D eigenvalue weighted by atomic mass is 19.1. The lowest BCUT2D eigenvalue weighted by atomic mass is 10.1. The number of rotatable bonds is 5. The number of hydrogen-bond acceptors (Lipinski definition) is 4. The Hall–Kier alpha value is -2.17. The Morgan fingerprint density at radius 1 is 1.28 bits per heavy atom. The molecular weight excluding hydrogens is 233 g/mol. The van der Waals surface area contributed by atoms with Crippen LogP contribution >= 0.6 is 0 Å². The summed E-state index contributed by atoms with van der Waals surface area (Å²) in [5.41, 5.74) is 1.62.